The lowest BCUT2D eigenvalue weighted by Crippen LogP contribution is -2.48. The SMILES string of the molecule is CCOc1ccccc1N(CCCC(=O)N(Cc1ccc(F)cc1)[C@H](C)C(=O)NCC(C)C)S(C)(=O)=O. The molecule has 2 aromatic carbocycles. The van der Waals surface area contributed by atoms with Crippen LogP contribution in [0.1, 0.15) is 46.1 Å². The Morgan fingerprint density at radius 2 is 1.70 bits per heavy atom. The third-order valence-electron chi connectivity index (χ3n) is 5.70. The number of benzene rings is 2. The van der Waals surface area contributed by atoms with Crippen molar-refractivity contribution in [3.8, 4) is 5.75 Å². The first kappa shape index (κ1) is 30.1. The molecule has 2 rings (SSSR count). The fourth-order valence-corrected chi connectivity index (χ4v) is 4.71. The van der Waals surface area contributed by atoms with E-state index in [1.807, 2.05) is 20.8 Å². The summed E-state index contributed by atoms with van der Waals surface area (Å²) >= 11 is 0. The second-order valence-electron chi connectivity index (χ2n) is 9.30. The normalized spacial score (nSPS) is 12.2. The summed E-state index contributed by atoms with van der Waals surface area (Å²) in [7, 11) is -3.65. The number of amides is 2. The minimum absolute atomic E-state index is 0.0197. The third-order valence-corrected chi connectivity index (χ3v) is 6.88. The Morgan fingerprint density at radius 1 is 1.05 bits per heavy atom. The number of carbonyl (C=O) groups excluding carboxylic acids is 2. The summed E-state index contributed by atoms with van der Waals surface area (Å²) in [5.41, 5.74) is 1.09. The molecule has 0 aliphatic carbocycles. The zero-order valence-corrected chi connectivity index (χ0v) is 23.1. The lowest BCUT2D eigenvalue weighted by molar-refractivity contribution is -0.140. The van der Waals surface area contributed by atoms with Crippen molar-refractivity contribution in [2.24, 2.45) is 5.92 Å². The van der Waals surface area contributed by atoms with Gasteiger partial charge in [0, 0.05) is 26.1 Å². The highest BCUT2D eigenvalue weighted by Gasteiger charge is 2.27. The largest absolute Gasteiger partial charge is 0.492 e. The maximum Gasteiger partial charge on any atom is 0.242 e. The molecule has 8 nitrogen and oxygen atoms in total. The van der Waals surface area contributed by atoms with Gasteiger partial charge in [0.25, 0.3) is 0 Å². The van der Waals surface area contributed by atoms with Gasteiger partial charge in [-0.1, -0.05) is 38.1 Å². The van der Waals surface area contributed by atoms with E-state index in [9.17, 15) is 22.4 Å². The van der Waals surface area contributed by atoms with Gasteiger partial charge in [0.1, 0.15) is 17.6 Å². The van der Waals surface area contributed by atoms with Gasteiger partial charge < -0.3 is 15.0 Å². The zero-order valence-electron chi connectivity index (χ0n) is 22.2. The van der Waals surface area contributed by atoms with Gasteiger partial charge in [-0.05, 0) is 56.0 Å². The summed E-state index contributed by atoms with van der Waals surface area (Å²) < 4.78 is 45.4. The molecule has 37 heavy (non-hydrogen) atoms. The van der Waals surface area contributed by atoms with Crippen LogP contribution in [0.4, 0.5) is 10.1 Å². The topological polar surface area (TPSA) is 96.0 Å². The quantitative estimate of drug-likeness (QED) is 0.395. The maximum atomic E-state index is 13.4. The summed E-state index contributed by atoms with van der Waals surface area (Å²) in [5.74, 6) is -0.290. The van der Waals surface area contributed by atoms with Crippen molar-refractivity contribution in [2.75, 3.05) is 30.3 Å². The maximum absolute atomic E-state index is 13.4. The highest BCUT2D eigenvalue weighted by molar-refractivity contribution is 7.92. The molecule has 0 saturated carbocycles. The van der Waals surface area contributed by atoms with E-state index in [-0.39, 0.29) is 43.7 Å². The zero-order chi connectivity index (χ0) is 27.6. The molecular weight excluding hydrogens is 497 g/mol. The number of anilines is 1. The summed E-state index contributed by atoms with van der Waals surface area (Å²) in [6.07, 6.45) is 1.36. The smallest absolute Gasteiger partial charge is 0.242 e. The van der Waals surface area contributed by atoms with Crippen molar-refractivity contribution in [3.63, 3.8) is 0 Å². The number of hydrogen-bond acceptors (Lipinski definition) is 5. The van der Waals surface area contributed by atoms with Crippen molar-refractivity contribution in [3.05, 3.63) is 59.9 Å². The molecule has 0 aliphatic rings. The van der Waals surface area contributed by atoms with Crippen LogP contribution in [0.3, 0.4) is 0 Å². The van der Waals surface area contributed by atoms with Gasteiger partial charge in [0.15, 0.2) is 0 Å². The van der Waals surface area contributed by atoms with Gasteiger partial charge in [-0.2, -0.15) is 0 Å². The minimum atomic E-state index is -3.65. The number of carbonyl (C=O) groups is 2. The van der Waals surface area contributed by atoms with Crippen LogP contribution in [0.2, 0.25) is 0 Å². The molecule has 0 radical (unpaired) electrons. The molecule has 0 spiro atoms. The number of ether oxygens (including phenoxy) is 1. The molecule has 1 N–H and O–H groups in total. The summed E-state index contributed by atoms with van der Waals surface area (Å²) in [4.78, 5) is 27.5. The molecule has 0 aromatic heterocycles. The average molecular weight is 536 g/mol. The Hall–Kier alpha value is -3.14. The van der Waals surface area contributed by atoms with E-state index in [2.05, 4.69) is 5.32 Å². The van der Waals surface area contributed by atoms with E-state index in [4.69, 9.17) is 4.74 Å². The number of hydrogen-bond donors (Lipinski definition) is 1. The van der Waals surface area contributed by atoms with Gasteiger partial charge in [-0.15, -0.1) is 0 Å². The van der Waals surface area contributed by atoms with Gasteiger partial charge in [0.2, 0.25) is 21.8 Å². The molecule has 0 fully saturated rings. The second-order valence-corrected chi connectivity index (χ2v) is 11.2. The fraction of sp³-hybridized carbons (Fsp3) is 0.481. The molecular formula is C27H38FN3O5S. The van der Waals surface area contributed by atoms with E-state index in [0.717, 1.165) is 6.26 Å². The molecule has 10 heteroatoms. The van der Waals surface area contributed by atoms with Crippen LogP contribution in [0, 0.1) is 11.7 Å². The van der Waals surface area contributed by atoms with Crippen molar-refractivity contribution >= 4 is 27.5 Å². The van der Waals surface area contributed by atoms with E-state index in [0.29, 0.717) is 30.2 Å². The summed E-state index contributed by atoms with van der Waals surface area (Å²) in [5, 5.41) is 2.85. The number of halogens is 1. The fourth-order valence-electron chi connectivity index (χ4n) is 3.74. The van der Waals surface area contributed by atoms with E-state index >= 15 is 0 Å². The number of nitrogens with zero attached hydrogens (tertiary/aromatic N) is 2. The van der Waals surface area contributed by atoms with Gasteiger partial charge in [-0.3, -0.25) is 13.9 Å². The number of sulfonamides is 1. The number of para-hydroxylation sites is 2. The Bertz CT molecular complexity index is 1140. The van der Waals surface area contributed by atoms with E-state index < -0.39 is 21.9 Å². The molecule has 0 heterocycles. The number of nitrogens with one attached hydrogen (secondary N) is 1. The summed E-state index contributed by atoms with van der Waals surface area (Å²) in [6, 6.07) is 11.8. The molecule has 204 valence electrons. The number of rotatable bonds is 14. The third kappa shape index (κ3) is 9.35. The molecule has 1 atom stereocenters. The van der Waals surface area contributed by atoms with Crippen LogP contribution in [-0.2, 0) is 26.2 Å². The van der Waals surface area contributed by atoms with Crippen LogP contribution in [0.15, 0.2) is 48.5 Å². The molecule has 0 unspecified atom stereocenters. The predicted molar refractivity (Wildman–Crippen MR) is 143 cm³/mol. The van der Waals surface area contributed by atoms with Crippen molar-refractivity contribution < 1.29 is 27.1 Å². The second kappa shape index (κ2) is 14.0. The minimum Gasteiger partial charge on any atom is -0.492 e. The monoisotopic (exact) mass is 535 g/mol. The van der Waals surface area contributed by atoms with Crippen LogP contribution in [0.25, 0.3) is 0 Å². The lowest BCUT2D eigenvalue weighted by atomic mass is 10.1. The Kier molecular flexibility index (Phi) is 11.4. The van der Waals surface area contributed by atoms with Gasteiger partial charge in [0.05, 0.1) is 18.6 Å². The van der Waals surface area contributed by atoms with Gasteiger partial charge >= 0.3 is 0 Å². The van der Waals surface area contributed by atoms with E-state index in [1.165, 1.54) is 21.3 Å². The molecule has 0 aliphatic heterocycles. The van der Waals surface area contributed by atoms with Crippen LogP contribution in [-0.4, -0.2) is 57.1 Å². The summed E-state index contributed by atoms with van der Waals surface area (Å²) in [6.45, 7) is 8.46. The van der Waals surface area contributed by atoms with Crippen LogP contribution in [0.5, 0.6) is 5.75 Å². The Balaban J connectivity index is 2.19. The Morgan fingerprint density at radius 3 is 2.30 bits per heavy atom. The van der Waals surface area contributed by atoms with E-state index in [1.54, 1.807) is 43.3 Å². The lowest BCUT2D eigenvalue weighted by Gasteiger charge is -2.30. The highest BCUT2D eigenvalue weighted by Crippen LogP contribution is 2.30. The van der Waals surface area contributed by atoms with Crippen LogP contribution >= 0.6 is 0 Å². The highest BCUT2D eigenvalue weighted by atomic mass is 32.2. The Labute approximate surface area is 219 Å². The van der Waals surface area contributed by atoms with Crippen molar-refractivity contribution in [1.29, 1.82) is 0 Å². The van der Waals surface area contributed by atoms with Crippen LogP contribution < -0.4 is 14.4 Å². The standard InChI is InChI=1S/C27H38FN3O5S/c1-6-36-25-11-8-7-10-24(25)31(37(5,34)35)17-9-12-26(32)30(19-22-13-15-23(28)16-14-22)21(4)27(33)29-18-20(2)3/h7-8,10-11,13-16,20-21H,6,9,12,17-19H2,1-5H3,(H,29,33)/t21-/m1/s1. The molecule has 2 aromatic rings. The first-order valence-corrected chi connectivity index (χ1v) is 14.3. The van der Waals surface area contributed by atoms with Crippen molar-refractivity contribution in [2.45, 2.75) is 53.1 Å². The van der Waals surface area contributed by atoms with Crippen molar-refractivity contribution in [1.82, 2.24) is 10.2 Å². The molecule has 2 amide bonds. The predicted octanol–water partition coefficient (Wildman–Crippen LogP) is 3.96. The molecule has 0 saturated heterocycles. The van der Waals surface area contributed by atoms with Gasteiger partial charge in [-0.25, -0.2) is 12.8 Å². The average Bonchev–Trinajstić information content (AvgIpc) is 2.84. The molecule has 0 bridgehead atoms. The first-order valence-electron chi connectivity index (χ1n) is 12.4. The first-order chi connectivity index (χ1) is 17.4.